The summed E-state index contributed by atoms with van der Waals surface area (Å²) < 4.78 is 5.08. The SMILES string of the molecule is COc1ccc(NC(=O)c2ccc(Cl)cc2)c(C(C)=O)c1. The molecule has 2 aromatic rings. The maximum atomic E-state index is 12.2. The summed E-state index contributed by atoms with van der Waals surface area (Å²) in [5, 5.41) is 3.28. The van der Waals surface area contributed by atoms with Gasteiger partial charge in [-0.3, -0.25) is 9.59 Å². The van der Waals surface area contributed by atoms with Gasteiger partial charge in [-0.05, 0) is 49.4 Å². The average Bonchev–Trinajstić information content (AvgIpc) is 2.48. The Labute approximate surface area is 127 Å². The number of methoxy groups -OCH3 is 1. The zero-order valence-corrected chi connectivity index (χ0v) is 12.4. The second-order valence-electron chi connectivity index (χ2n) is 4.43. The molecule has 2 aromatic carbocycles. The molecular weight excluding hydrogens is 290 g/mol. The van der Waals surface area contributed by atoms with Crippen molar-refractivity contribution in [3.8, 4) is 5.75 Å². The largest absolute Gasteiger partial charge is 0.497 e. The number of Topliss-reactive ketones (excluding diaryl/α,β-unsaturated/α-hetero) is 1. The van der Waals surface area contributed by atoms with Gasteiger partial charge in [0.2, 0.25) is 0 Å². The average molecular weight is 304 g/mol. The van der Waals surface area contributed by atoms with E-state index in [1.807, 2.05) is 0 Å². The monoisotopic (exact) mass is 303 g/mol. The number of ether oxygens (including phenoxy) is 1. The molecule has 2 rings (SSSR count). The van der Waals surface area contributed by atoms with Gasteiger partial charge in [-0.25, -0.2) is 0 Å². The van der Waals surface area contributed by atoms with E-state index in [1.54, 1.807) is 42.5 Å². The summed E-state index contributed by atoms with van der Waals surface area (Å²) >= 11 is 5.79. The van der Waals surface area contributed by atoms with Gasteiger partial charge >= 0.3 is 0 Å². The van der Waals surface area contributed by atoms with Gasteiger partial charge < -0.3 is 10.1 Å². The van der Waals surface area contributed by atoms with Crippen LogP contribution in [-0.4, -0.2) is 18.8 Å². The van der Waals surface area contributed by atoms with Crippen molar-refractivity contribution in [3.05, 3.63) is 58.6 Å². The molecule has 0 unspecified atom stereocenters. The highest BCUT2D eigenvalue weighted by atomic mass is 35.5. The lowest BCUT2D eigenvalue weighted by Gasteiger charge is -2.11. The highest BCUT2D eigenvalue weighted by molar-refractivity contribution is 6.30. The van der Waals surface area contributed by atoms with E-state index in [9.17, 15) is 9.59 Å². The summed E-state index contributed by atoms with van der Waals surface area (Å²) in [6.45, 7) is 1.44. The van der Waals surface area contributed by atoms with Crippen LogP contribution in [0.5, 0.6) is 5.75 Å². The number of carbonyl (C=O) groups is 2. The van der Waals surface area contributed by atoms with Gasteiger partial charge in [0, 0.05) is 16.1 Å². The quantitative estimate of drug-likeness (QED) is 0.874. The predicted molar refractivity (Wildman–Crippen MR) is 82.4 cm³/mol. The number of rotatable bonds is 4. The molecule has 21 heavy (non-hydrogen) atoms. The van der Waals surface area contributed by atoms with Gasteiger partial charge in [0.05, 0.1) is 12.8 Å². The molecular formula is C16H14ClNO3. The second-order valence-corrected chi connectivity index (χ2v) is 4.87. The Hall–Kier alpha value is -2.33. The highest BCUT2D eigenvalue weighted by Gasteiger charge is 2.13. The lowest BCUT2D eigenvalue weighted by molar-refractivity contribution is 0.101. The summed E-state index contributed by atoms with van der Waals surface area (Å²) in [5.74, 6) is 0.101. The number of carbonyl (C=O) groups excluding carboxylic acids is 2. The first-order valence-electron chi connectivity index (χ1n) is 6.27. The number of halogens is 1. The first-order chi connectivity index (χ1) is 10.0. The molecule has 0 aliphatic carbocycles. The fraction of sp³-hybridized carbons (Fsp3) is 0.125. The zero-order valence-electron chi connectivity index (χ0n) is 11.6. The number of hydrogen-bond donors (Lipinski definition) is 1. The Morgan fingerprint density at radius 1 is 1.10 bits per heavy atom. The molecule has 0 radical (unpaired) electrons. The predicted octanol–water partition coefficient (Wildman–Crippen LogP) is 3.80. The standard InChI is InChI=1S/C16H14ClNO3/c1-10(19)14-9-13(21-2)7-8-15(14)18-16(20)11-3-5-12(17)6-4-11/h3-9H,1-2H3,(H,18,20). The molecule has 1 N–H and O–H groups in total. The Kier molecular flexibility index (Phi) is 4.60. The van der Waals surface area contributed by atoms with Crippen molar-refractivity contribution in [1.29, 1.82) is 0 Å². The van der Waals surface area contributed by atoms with Crippen LogP contribution in [0.25, 0.3) is 0 Å². The smallest absolute Gasteiger partial charge is 0.255 e. The number of ketones is 1. The molecule has 0 heterocycles. The maximum Gasteiger partial charge on any atom is 0.255 e. The molecule has 0 saturated heterocycles. The minimum absolute atomic E-state index is 0.152. The molecule has 0 aliphatic rings. The number of benzene rings is 2. The Bertz CT molecular complexity index is 680. The molecule has 1 amide bonds. The van der Waals surface area contributed by atoms with Crippen molar-refractivity contribution >= 4 is 29.0 Å². The fourth-order valence-electron chi connectivity index (χ4n) is 1.85. The molecule has 0 bridgehead atoms. The molecule has 0 aromatic heterocycles. The van der Waals surface area contributed by atoms with E-state index < -0.39 is 0 Å². The third-order valence-electron chi connectivity index (χ3n) is 2.96. The van der Waals surface area contributed by atoms with Crippen LogP contribution in [0.1, 0.15) is 27.6 Å². The molecule has 0 atom stereocenters. The van der Waals surface area contributed by atoms with E-state index in [0.717, 1.165) is 0 Å². The Morgan fingerprint density at radius 3 is 2.33 bits per heavy atom. The van der Waals surface area contributed by atoms with E-state index >= 15 is 0 Å². The van der Waals surface area contributed by atoms with Crippen molar-refractivity contribution in [2.75, 3.05) is 12.4 Å². The van der Waals surface area contributed by atoms with Gasteiger partial charge in [0.25, 0.3) is 5.91 Å². The maximum absolute atomic E-state index is 12.2. The summed E-state index contributed by atoms with van der Waals surface area (Å²) in [6, 6.07) is 11.4. The van der Waals surface area contributed by atoms with Crippen molar-refractivity contribution in [1.82, 2.24) is 0 Å². The van der Waals surface area contributed by atoms with E-state index in [1.165, 1.54) is 14.0 Å². The molecule has 5 heteroatoms. The number of anilines is 1. The fourth-order valence-corrected chi connectivity index (χ4v) is 1.97. The van der Waals surface area contributed by atoms with Crippen molar-refractivity contribution in [3.63, 3.8) is 0 Å². The lowest BCUT2D eigenvalue weighted by Crippen LogP contribution is -2.14. The van der Waals surface area contributed by atoms with Gasteiger partial charge in [-0.1, -0.05) is 11.6 Å². The molecule has 0 saturated carbocycles. The van der Waals surface area contributed by atoms with Crippen molar-refractivity contribution in [2.45, 2.75) is 6.92 Å². The summed E-state index contributed by atoms with van der Waals surface area (Å²) in [5.41, 5.74) is 1.31. The lowest BCUT2D eigenvalue weighted by atomic mass is 10.1. The number of nitrogens with one attached hydrogen (secondary N) is 1. The van der Waals surface area contributed by atoms with Crippen LogP contribution in [0.3, 0.4) is 0 Å². The number of amides is 1. The van der Waals surface area contributed by atoms with Crippen LogP contribution in [0, 0.1) is 0 Å². The van der Waals surface area contributed by atoms with Crippen molar-refractivity contribution < 1.29 is 14.3 Å². The third kappa shape index (κ3) is 3.61. The van der Waals surface area contributed by atoms with Gasteiger partial charge in [-0.2, -0.15) is 0 Å². The van der Waals surface area contributed by atoms with Gasteiger partial charge in [0.15, 0.2) is 5.78 Å². The van der Waals surface area contributed by atoms with E-state index in [0.29, 0.717) is 27.6 Å². The molecule has 4 nitrogen and oxygen atoms in total. The third-order valence-corrected chi connectivity index (χ3v) is 3.21. The zero-order chi connectivity index (χ0) is 15.4. The normalized spacial score (nSPS) is 10.0. The minimum atomic E-state index is -0.306. The van der Waals surface area contributed by atoms with E-state index in [4.69, 9.17) is 16.3 Å². The molecule has 0 aliphatic heterocycles. The first kappa shape index (κ1) is 15.1. The van der Waals surface area contributed by atoms with Crippen LogP contribution < -0.4 is 10.1 Å². The summed E-state index contributed by atoms with van der Waals surface area (Å²) in [4.78, 5) is 23.8. The van der Waals surface area contributed by atoms with Crippen LogP contribution in [0.4, 0.5) is 5.69 Å². The molecule has 0 fully saturated rings. The Balaban J connectivity index is 2.28. The Morgan fingerprint density at radius 2 is 1.76 bits per heavy atom. The van der Waals surface area contributed by atoms with Crippen LogP contribution in [0.2, 0.25) is 5.02 Å². The molecule has 0 spiro atoms. The summed E-state index contributed by atoms with van der Waals surface area (Å²) in [7, 11) is 1.52. The van der Waals surface area contributed by atoms with Crippen molar-refractivity contribution in [2.24, 2.45) is 0 Å². The van der Waals surface area contributed by atoms with E-state index in [-0.39, 0.29) is 11.7 Å². The first-order valence-corrected chi connectivity index (χ1v) is 6.65. The van der Waals surface area contributed by atoms with Gasteiger partial charge in [-0.15, -0.1) is 0 Å². The summed E-state index contributed by atoms with van der Waals surface area (Å²) in [6.07, 6.45) is 0. The van der Waals surface area contributed by atoms with Crippen LogP contribution >= 0.6 is 11.6 Å². The van der Waals surface area contributed by atoms with Crippen LogP contribution in [0.15, 0.2) is 42.5 Å². The van der Waals surface area contributed by atoms with Crippen LogP contribution in [-0.2, 0) is 0 Å². The second kappa shape index (κ2) is 6.41. The van der Waals surface area contributed by atoms with Gasteiger partial charge in [0.1, 0.15) is 5.75 Å². The minimum Gasteiger partial charge on any atom is -0.497 e. The van der Waals surface area contributed by atoms with E-state index in [2.05, 4.69) is 5.32 Å². The highest BCUT2D eigenvalue weighted by Crippen LogP contribution is 2.23. The topological polar surface area (TPSA) is 55.4 Å². The molecule has 108 valence electrons. The number of hydrogen-bond acceptors (Lipinski definition) is 3.